The van der Waals surface area contributed by atoms with Gasteiger partial charge < -0.3 is 5.32 Å². The molecule has 0 aromatic carbocycles. The van der Waals surface area contributed by atoms with E-state index in [-0.39, 0.29) is 11.8 Å². The van der Waals surface area contributed by atoms with Crippen LogP contribution < -0.4 is 5.32 Å². The molecule has 0 radical (unpaired) electrons. The van der Waals surface area contributed by atoms with E-state index in [9.17, 15) is 8.42 Å². The first-order valence-electron chi connectivity index (χ1n) is 5.18. The number of rotatable bonds is 3. The largest absolute Gasteiger partial charge is 0.313 e. The van der Waals surface area contributed by atoms with Crippen molar-refractivity contribution in [3.63, 3.8) is 0 Å². The van der Waals surface area contributed by atoms with E-state index in [0.717, 1.165) is 25.8 Å². The van der Waals surface area contributed by atoms with Crippen molar-refractivity contribution in [2.45, 2.75) is 29.5 Å². The highest BCUT2D eigenvalue weighted by atomic mass is 32.2. The highest BCUT2D eigenvalue weighted by Gasteiger charge is 2.23. The molecule has 1 atom stereocenters. The SMILES string of the molecule is O=S(=O)(CC1CCCCN1)c1cccs1. The Labute approximate surface area is 94.4 Å². The molecule has 1 saturated heterocycles. The summed E-state index contributed by atoms with van der Waals surface area (Å²) in [7, 11) is -3.06. The fraction of sp³-hybridized carbons (Fsp3) is 0.600. The highest BCUT2D eigenvalue weighted by Crippen LogP contribution is 2.20. The first-order valence-corrected chi connectivity index (χ1v) is 7.71. The van der Waals surface area contributed by atoms with Gasteiger partial charge in [-0.1, -0.05) is 12.5 Å². The van der Waals surface area contributed by atoms with Gasteiger partial charge in [-0.15, -0.1) is 11.3 Å². The van der Waals surface area contributed by atoms with Crippen LogP contribution in [0.4, 0.5) is 0 Å². The van der Waals surface area contributed by atoms with Gasteiger partial charge in [0, 0.05) is 6.04 Å². The Morgan fingerprint density at radius 1 is 1.47 bits per heavy atom. The topological polar surface area (TPSA) is 46.2 Å². The predicted octanol–water partition coefficient (Wildman–Crippen LogP) is 1.66. The standard InChI is InChI=1S/C10H15NO2S2/c12-15(13,10-5-3-7-14-10)8-9-4-1-2-6-11-9/h3,5,7,9,11H,1-2,4,6,8H2. The van der Waals surface area contributed by atoms with Gasteiger partial charge in [-0.2, -0.15) is 0 Å². The van der Waals surface area contributed by atoms with Gasteiger partial charge in [0.25, 0.3) is 0 Å². The Morgan fingerprint density at radius 2 is 2.33 bits per heavy atom. The number of piperidine rings is 1. The zero-order valence-corrected chi connectivity index (χ0v) is 10.1. The average Bonchev–Trinajstić information content (AvgIpc) is 2.71. The third kappa shape index (κ3) is 2.80. The van der Waals surface area contributed by atoms with E-state index in [2.05, 4.69) is 5.32 Å². The maximum absolute atomic E-state index is 11.9. The Balaban J connectivity index is 2.04. The number of nitrogens with one attached hydrogen (secondary N) is 1. The molecule has 2 rings (SSSR count). The summed E-state index contributed by atoms with van der Waals surface area (Å²) < 4.78 is 24.4. The Morgan fingerprint density at radius 3 is 2.93 bits per heavy atom. The molecule has 1 aromatic heterocycles. The van der Waals surface area contributed by atoms with Crippen LogP contribution in [0.25, 0.3) is 0 Å². The first kappa shape index (κ1) is 11.1. The maximum atomic E-state index is 11.9. The van der Waals surface area contributed by atoms with Crippen LogP contribution >= 0.6 is 11.3 Å². The third-order valence-electron chi connectivity index (χ3n) is 2.63. The molecule has 0 saturated carbocycles. The fourth-order valence-corrected chi connectivity index (χ4v) is 4.52. The maximum Gasteiger partial charge on any atom is 0.189 e. The molecule has 0 aliphatic carbocycles. The smallest absolute Gasteiger partial charge is 0.189 e. The quantitative estimate of drug-likeness (QED) is 0.881. The van der Waals surface area contributed by atoms with Crippen molar-refractivity contribution in [3.05, 3.63) is 17.5 Å². The van der Waals surface area contributed by atoms with Crippen LogP contribution in [0, 0.1) is 0 Å². The molecule has 0 amide bonds. The number of sulfone groups is 1. The van der Waals surface area contributed by atoms with E-state index in [4.69, 9.17) is 0 Å². The third-order valence-corrected chi connectivity index (χ3v) is 5.94. The van der Waals surface area contributed by atoms with E-state index in [1.165, 1.54) is 11.3 Å². The molecule has 1 N–H and O–H groups in total. The van der Waals surface area contributed by atoms with Crippen molar-refractivity contribution >= 4 is 21.2 Å². The number of hydrogen-bond acceptors (Lipinski definition) is 4. The minimum absolute atomic E-state index is 0.144. The van der Waals surface area contributed by atoms with E-state index < -0.39 is 9.84 Å². The van der Waals surface area contributed by atoms with Crippen LogP contribution in [0.5, 0.6) is 0 Å². The lowest BCUT2D eigenvalue weighted by molar-refractivity contribution is 0.424. The average molecular weight is 245 g/mol. The Hall–Kier alpha value is -0.390. The van der Waals surface area contributed by atoms with Crippen molar-refractivity contribution < 1.29 is 8.42 Å². The summed E-state index contributed by atoms with van der Waals surface area (Å²) in [4.78, 5) is 0. The molecule has 84 valence electrons. The Kier molecular flexibility index (Phi) is 3.43. The highest BCUT2D eigenvalue weighted by molar-refractivity contribution is 7.93. The van der Waals surface area contributed by atoms with Gasteiger partial charge >= 0.3 is 0 Å². The van der Waals surface area contributed by atoms with Gasteiger partial charge in [0.1, 0.15) is 4.21 Å². The first-order chi connectivity index (χ1) is 7.18. The summed E-state index contributed by atoms with van der Waals surface area (Å²) in [6.45, 7) is 0.949. The van der Waals surface area contributed by atoms with Crippen LogP contribution in [-0.2, 0) is 9.84 Å². The lowest BCUT2D eigenvalue weighted by Gasteiger charge is -2.22. The molecule has 1 aromatic rings. The zero-order valence-electron chi connectivity index (χ0n) is 8.48. The molecule has 2 heterocycles. The summed E-state index contributed by atoms with van der Waals surface area (Å²) >= 11 is 1.30. The molecule has 15 heavy (non-hydrogen) atoms. The van der Waals surface area contributed by atoms with E-state index in [0.29, 0.717) is 4.21 Å². The molecule has 1 aliphatic heterocycles. The molecule has 0 spiro atoms. The van der Waals surface area contributed by atoms with Crippen molar-refractivity contribution in [1.29, 1.82) is 0 Å². The molecule has 3 nitrogen and oxygen atoms in total. The van der Waals surface area contributed by atoms with Gasteiger partial charge in [-0.3, -0.25) is 0 Å². The van der Waals surface area contributed by atoms with E-state index in [1.54, 1.807) is 17.5 Å². The van der Waals surface area contributed by atoms with Crippen molar-refractivity contribution in [3.8, 4) is 0 Å². The van der Waals surface area contributed by atoms with Crippen molar-refractivity contribution in [1.82, 2.24) is 5.32 Å². The zero-order chi connectivity index (χ0) is 10.7. The van der Waals surface area contributed by atoms with Crippen LogP contribution in [-0.4, -0.2) is 26.8 Å². The van der Waals surface area contributed by atoms with Gasteiger partial charge in [0.05, 0.1) is 5.75 Å². The molecular weight excluding hydrogens is 230 g/mol. The number of thiophene rings is 1. The summed E-state index contributed by atoms with van der Waals surface area (Å²) in [6, 6.07) is 3.61. The van der Waals surface area contributed by atoms with Crippen molar-refractivity contribution in [2.75, 3.05) is 12.3 Å². The van der Waals surface area contributed by atoms with Crippen molar-refractivity contribution in [2.24, 2.45) is 0 Å². The second-order valence-electron chi connectivity index (χ2n) is 3.86. The summed E-state index contributed by atoms with van der Waals surface area (Å²) in [5, 5.41) is 5.07. The van der Waals surface area contributed by atoms with Gasteiger partial charge in [-0.05, 0) is 30.8 Å². The minimum Gasteiger partial charge on any atom is -0.313 e. The summed E-state index contributed by atoms with van der Waals surface area (Å²) in [6.07, 6.45) is 3.28. The molecule has 1 aliphatic rings. The van der Waals surface area contributed by atoms with Crippen LogP contribution in [0.2, 0.25) is 0 Å². The molecule has 1 fully saturated rings. The van der Waals surface area contributed by atoms with Crippen LogP contribution in [0.15, 0.2) is 21.7 Å². The van der Waals surface area contributed by atoms with Gasteiger partial charge in [0.2, 0.25) is 0 Å². The van der Waals surface area contributed by atoms with E-state index >= 15 is 0 Å². The van der Waals surface area contributed by atoms with Crippen LogP contribution in [0.3, 0.4) is 0 Å². The molecule has 0 bridgehead atoms. The lowest BCUT2D eigenvalue weighted by Crippen LogP contribution is -2.39. The Bertz CT molecular complexity index is 391. The summed E-state index contributed by atoms with van der Waals surface area (Å²) in [5.41, 5.74) is 0. The summed E-state index contributed by atoms with van der Waals surface area (Å²) in [5.74, 6) is 0.244. The van der Waals surface area contributed by atoms with Gasteiger partial charge in [-0.25, -0.2) is 8.42 Å². The number of hydrogen-bond donors (Lipinski definition) is 1. The lowest BCUT2D eigenvalue weighted by atomic mass is 10.1. The molecule has 1 unspecified atom stereocenters. The van der Waals surface area contributed by atoms with Gasteiger partial charge in [0.15, 0.2) is 9.84 Å². The van der Waals surface area contributed by atoms with E-state index in [1.807, 2.05) is 0 Å². The minimum atomic E-state index is -3.06. The molecule has 5 heteroatoms. The second-order valence-corrected chi connectivity index (χ2v) is 7.07. The monoisotopic (exact) mass is 245 g/mol. The van der Waals surface area contributed by atoms with Crippen LogP contribution in [0.1, 0.15) is 19.3 Å². The second kappa shape index (κ2) is 4.63. The fourth-order valence-electron chi connectivity index (χ4n) is 1.85. The molecular formula is C10H15NO2S2. The normalized spacial score (nSPS) is 22.8. The predicted molar refractivity (Wildman–Crippen MR) is 62.0 cm³/mol.